The van der Waals surface area contributed by atoms with E-state index in [9.17, 15) is 0 Å². The molecule has 0 bridgehead atoms. The van der Waals surface area contributed by atoms with E-state index in [0.29, 0.717) is 6.54 Å². The van der Waals surface area contributed by atoms with Gasteiger partial charge in [-0.05, 0) is 26.8 Å². The van der Waals surface area contributed by atoms with Gasteiger partial charge >= 0.3 is 0 Å². The summed E-state index contributed by atoms with van der Waals surface area (Å²) in [5.41, 5.74) is 3.41. The lowest BCUT2D eigenvalue weighted by Gasteiger charge is -2.34. The molecule has 10 heteroatoms. The summed E-state index contributed by atoms with van der Waals surface area (Å²) in [5.74, 6) is 1.68. The number of hydrogen-bond acceptors (Lipinski definition) is 6. The van der Waals surface area contributed by atoms with Crippen molar-refractivity contribution in [3.05, 3.63) is 35.4 Å². The number of guanidine groups is 1. The van der Waals surface area contributed by atoms with Gasteiger partial charge in [-0.2, -0.15) is 5.10 Å². The fraction of sp³-hybridized carbons (Fsp3) is 0.600. The van der Waals surface area contributed by atoms with Gasteiger partial charge in [-0.3, -0.25) is 9.58 Å². The summed E-state index contributed by atoms with van der Waals surface area (Å²) in [5, 5.41) is 11.3. The molecular weight excluding hydrogens is 493 g/mol. The minimum absolute atomic E-state index is 0. The third kappa shape index (κ3) is 6.53. The topological polar surface area (TPSA) is 86.5 Å². The van der Waals surface area contributed by atoms with E-state index in [1.165, 1.54) is 11.3 Å². The van der Waals surface area contributed by atoms with Crippen LogP contribution in [-0.4, -0.2) is 76.4 Å². The van der Waals surface area contributed by atoms with Crippen molar-refractivity contribution in [3.63, 3.8) is 0 Å². The second kappa shape index (κ2) is 12.0. The molecule has 2 aromatic heterocycles. The van der Waals surface area contributed by atoms with Crippen LogP contribution in [0.3, 0.4) is 0 Å². The van der Waals surface area contributed by atoms with Crippen molar-refractivity contribution in [2.75, 3.05) is 50.7 Å². The molecule has 1 saturated heterocycles. The zero-order valence-corrected chi connectivity index (χ0v) is 20.8. The zero-order valence-electron chi connectivity index (χ0n) is 18.4. The van der Waals surface area contributed by atoms with Crippen molar-refractivity contribution in [2.45, 2.75) is 27.3 Å². The van der Waals surface area contributed by atoms with Gasteiger partial charge in [0.05, 0.1) is 12.2 Å². The van der Waals surface area contributed by atoms with Gasteiger partial charge in [-0.15, -0.1) is 24.0 Å². The molecule has 2 N–H and O–H groups in total. The van der Waals surface area contributed by atoms with Crippen LogP contribution in [0.4, 0.5) is 5.95 Å². The molecule has 3 rings (SSSR count). The number of aromatic nitrogens is 4. The van der Waals surface area contributed by atoms with E-state index in [0.717, 1.165) is 63.4 Å². The molecule has 0 atom stereocenters. The van der Waals surface area contributed by atoms with Gasteiger partial charge in [0.25, 0.3) is 0 Å². The molecule has 9 nitrogen and oxygen atoms in total. The molecule has 1 fully saturated rings. The van der Waals surface area contributed by atoms with Crippen LogP contribution in [0.1, 0.15) is 23.9 Å². The molecule has 0 aromatic carbocycles. The van der Waals surface area contributed by atoms with Crippen LogP contribution in [0.2, 0.25) is 0 Å². The van der Waals surface area contributed by atoms with Crippen LogP contribution in [-0.2, 0) is 13.6 Å². The first kappa shape index (κ1) is 24.3. The molecule has 1 aliphatic heterocycles. The maximum Gasteiger partial charge on any atom is 0.225 e. The summed E-state index contributed by atoms with van der Waals surface area (Å²) in [6.45, 7) is 13.5. The van der Waals surface area contributed by atoms with Crippen molar-refractivity contribution in [1.82, 2.24) is 35.3 Å². The number of nitrogens with one attached hydrogen (secondary N) is 2. The number of nitrogens with zero attached hydrogens (tertiary/aromatic N) is 7. The maximum atomic E-state index is 4.75. The lowest BCUT2D eigenvalue weighted by atomic mass is 10.2. The summed E-state index contributed by atoms with van der Waals surface area (Å²) in [6, 6.07) is 1.85. The Morgan fingerprint density at radius 2 is 1.80 bits per heavy atom. The summed E-state index contributed by atoms with van der Waals surface area (Å²) in [4.78, 5) is 18.2. The van der Waals surface area contributed by atoms with Crippen molar-refractivity contribution in [1.29, 1.82) is 0 Å². The van der Waals surface area contributed by atoms with Crippen LogP contribution in [0.25, 0.3) is 0 Å². The summed E-state index contributed by atoms with van der Waals surface area (Å²) < 4.78 is 1.92. The predicted octanol–water partition coefficient (Wildman–Crippen LogP) is 1.32. The Balaban J connectivity index is 0.00000320. The summed E-state index contributed by atoms with van der Waals surface area (Å²) in [7, 11) is 1.97. The Kier molecular flexibility index (Phi) is 9.76. The van der Waals surface area contributed by atoms with Crippen LogP contribution in [0, 0.1) is 13.8 Å². The Labute approximate surface area is 196 Å². The van der Waals surface area contributed by atoms with Gasteiger partial charge in [0, 0.05) is 76.5 Å². The van der Waals surface area contributed by atoms with Crippen LogP contribution >= 0.6 is 24.0 Å². The van der Waals surface area contributed by atoms with Crippen molar-refractivity contribution >= 4 is 35.9 Å². The van der Waals surface area contributed by atoms with Gasteiger partial charge in [0.2, 0.25) is 5.95 Å². The first-order valence-electron chi connectivity index (χ1n) is 10.3. The third-order valence-electron chi connectivity index (χ3n) is 5.33. The largest absolute Gasteiger partial charge is 0.357 e. The van der Waals surface area contributed by atoms with Gasteiger partial charge < -0.3 is 15.5 Å². The molecule has 3 heterocycles. The highest BCUT2D eigenvalue weighted by Crippen LogP contribution is 2.13. The van der Waals surface area contributed by atoms with Crippen LogP contribution < -0.4 is 15.5 Å². The number of piperazine rings is 1. The van der Waals surface area contributed by atoms with Gasteiger partial charge in [0.1, 0.15) is 0 Å². The van der Waals surface area contributed by atoms with Gasteiger partial charge in [0.15, 0.2) is 5.96 Å². The predicted molar refractivity (Wildman–Crippen MR) is 132 cm³/mol. The van der Waals surface area contributed by atoms with Crippen molar-refractivity contribution < 1.29 is 0 Å². The normalized spacial score (nSPS) is 15.1. The number of aryl methyl sites for hydroxylation is 2. The Bertz CT molecular complexity index is 798. The highest BCUT2D eigenvalue weighted by Gasteiger charge is 2.18. The van der Waals surface area contributed by atoms with Crippen LogP contribution in [0.5, 0.6) is 0 Å². The Morgan fingerprint density at radius 1 is 1.10 bits per heavy atom. The first-order chi connectivity index (χ1) is 14.1. The highest BCUT2D eigenvalue weighted by atomic mass is 127. The monoisotopic (exact) mass is 527 g/mol. The maximum absolute atomic E-state index is 4.75. The van der Waals surface area contributed by atoms with E-state index < -0.39 is 0 Å². The van der Waals surface area contributed by atoms with Crippen molar-refractivity contribution in [2.24, 2.45) is 12.0 Å². The van der Waals surface area contributed by atoms with Crippen molar-refractivity contribution in [3.8, 4) is 0 Å². The van der Waals surface area contributed by atoms with E-state index in [-0.39, 0.29) is 24.0 Å². The fourth-order valence-electron chi connectivity index (χ4n) is 3.50. The molecule has 166 valence electrons. The van der Waals surface area contributed by atoms with E-state index in [2.05, 4.69) is 49.3 Å². The zero-order chi connectivity index (χ0) is 20.6. The summed E-state index contributed by atoms with van der Waals surface area (Å²) >= 11 is 0. The second-order valence-corrected chi connectivity index (χ2v) is 7.27. The molecule has 0 aliphatic carbocycles. The molecule has 0 unspecified atom stereocenters. The standard InChI is InChI=1S/C20H33N9.HI/c1-5-21-19(25-15-18-16(2)26-27(4)17(18)3)22-9-10-28-11-13-29(14-12-28)20-23-7-6-8-24-20;/h6-8H,5,9-15H2,1-4H3,(H2,21,22,25);1H. The lowest BCUT2D eigenvalue weighted by Crippen LogP contribution is -2.49. The number of anilines is 1. The highest BCUT2D eigenvalue weighted by molar-refractivity contribution is 14.0. The molecule has 0 spiro atoms. The first-order valence-corrected chi connectivity index (χ1v) is 10.3. The minimum atomic E-state index is 0. The Hall–Kier alpha value is -1.95. The van der Waals surface area contributed by atoms with E-state index >= 15 is 0 Å². The smallest absolute Gasteiger partial charge is 0.225 e. The lowest BCUT2D eigenvalue weighted by molar-refractivity contribution is 0.260. The van der Waals surface area contributed by atoms with E-state index in [1.54, 1.807) is 12.4 Å². The fourth-order valence-corrected chi connectivity index (χ4v) is 3.50. The minimum Gasteiger partial charge on any atom is -0.357 e. The van der Waals surface area contributed by atoms with Gasteiger partial charge in [-0.25, -0.2) is 15.0 Å². The molecule has 30 heavy (non-hydrogen) atoms. The number of aliphatic imine (C=N–C) groups is 1. The van der Waals surface area contributed by atoms with Crippen LogP contribution in [0.15, 0.2) is 23.5 Å². The quantitative estimate of drug-likeness (QED) is 0.319. The van der Waals surface area contributed by atoms with E-state index in [4.69, 9.17) is 4.99 Å². The molecule has 0 saturated carbocycles. The number of rotatable bonds is 7. The third-order valence-corrected chi connectivity index (χ3v) is 5.33. The molecule has 2 aromatic rings. The second-order valence-electron chi connectivity index (χ2n) is 7.27. The molecule has 1 aliphatic rings. The van der Waals surface area contributed by atoms with Gasteiger partial charge in [-0.1, -0.05) is 0 Å². The average molecular weight is 527 g/mol. The molecule has 0 amide bonds. The molecule has 0 radical (unpaired) electrons. The Morgan fingerprint density at radius 3 is 2.40 bits per heavy atom. The molecular formula is C20H34IN9. The number of halogens is 1. The average Bonchev–Trinajstić information content (AvgIpc) is 2.98. The summed E-state index contributed by atoms with van der Waals surface area (Å²) in [6.07, 6.45) is 3.60. The number of hydrogen-bond donors (Lipinski definition) is 2. The van der Waals surface area contributed by atoms with E-state index in [1.807, 2.05) is 24.7 Å². The SMILES string of the molecule is CCNC(=NCc1c(C)nn(C)c1C)NCCN1CCN(c2ncccn2)CC1.I.